The lowest BCUT2D eigenvalue weighted by Gasteiger charge is -2.21. The highest BCUT2D eigenvalue weighted by molar-refractivity contribution is 5.54. The smallest absolute Gasteiger partial charge is 0.159 e. The maximum Gasteiger partial charge on any atom is 0.159 e. The van der Waals surface area contributed by atoms with Crippen LogP contribution in [0.4, 0.5) is 0 Å². The highest BCUT2D eigenvalue weighted by Crippen LogP contribution is 2.14. The van der Waals surface area contributed by atoms with E-state index in [9.17, 15) is 0 Å². The first kappa shape index (κ1) is 15.4. The summed E-state index contributed by atoms with van der Waals surface area (Å²) < 4.78 is 1.97. The summed E-state index contributed by atoms with van der Waals surface area (Å²) >= 11 is 0. The Labute approximate surface area is 136 Å². The van der Waals surface area contributed by atoms with Crippen molar-refractivity contribution in [2.24, 2.45) is 0 Å². The zero-order valence-electron chi connectivity index (χ0n) is 13.4. The van der Waals surface area contributed by atoms with E-state index in [1.165, 1.54) is 0 Å². The molecule has 0 aliphatic carbocycles. The first-order chi connectivity index (χ1) is 11.2. The standard InChI is InChI=1S/C18H21N5/c1-14(15(2)23-12-6-10-21-23)20-13-17-9-11-19-18(22-17)16-7-4-3-5-8-16/h3-12,14-15,20H,13H2,1-2H3/t14-,15+/m0/s1. The van der Waals surface area contributed by atoms with E-state index in [4.69, 9.17) is 0 Å². The highest BCUT2D eigenvalue weighted by atomic mass is 15.3. The molecule has 3 aromatic rings. The molecule has 0 unspecified atom stereocenters. The fraction of sp³-hybridized carbons (Fsp3) is 0.278. The fourth-order valence-electron chi connectivity index (χ4n) is 2.41. The van der Waals surface area contributed by atoms with Gasteiger partial charge in [-0.15, -0.1) is 0 Å². The first-order valence-corrected chi connectivity index (χ1v) is 7.84. The van der Waals surface area contributed by atoms with E-state index in [-0.39, 0.29) is 12.1 Å². The predicted molar refractivity (Wildman–Crippen MR) is 90.7 cm³/mol. The fourth-order valence-corrected chi connectivity index (χ4v) is 2.41. The van der Waals surface area contributed by atoms with Crippen molar-refractivity contribution in [3.63, 3.8) is 0 Å². The largest absolute Gasteiger partial charge is 0.307 e. The zero-order valence-corrected chi connectivity index (χ0v) is 13.4. The van der Waals surface area contributed by atoms with Crippen LogP contribution in [0.2, 0.25) is 0 Å². The molecule has 1 aromatic carbocycles. The molecule has 0 aliphatic heterocycles. The third-order valence-corrected chi connectivity index (χ3v) is 4.02. The van der Waals surface area contributed by atoms with Crippen LogP contribution in [-0.2, 0) is 6.54 Å². The quantitative estimate of drug-likeness (QED) is 0.760. The van der Waals surface area contributed by atoms with Crippen LogP contribution in [0.5, 0.6) is 0 Å². The third kappa shape index (κ3) is 3.81. The van der Waals surface area contributed by atoms with Gasteiger partial charge in [-0.2, -0.15) is 5.10 Å². The number of rotatable bonds is 6. The van der Waals surface area contributed by atoms with Gasteiger partial charge in [0.15, 0.2) is 5.82 Å². The number of hydrogen-bond donors (Lipinski definition) is 1. The Morgan fingerprint density at radius 1 is 1.04 bits per heavy atom. The van der Waals surface area contributed by atoms with Gasteiger partial charge in [0.2, 0.25) is 0 Å². The number of hydrogen-bond acceptors (Lipinski definition) is 4. The minimum atomic E-state index is 0.278. The molecule has 1 N–H and O–H groups in total. The third-order valence-electron chi connectivity index (χ3n) is 4.02. The Hall–Kier alpha value is -2.53. The summed E-state index contributed by atoms with van der Waals surface area (Å²) in [4.78, 5) is 9.00. The zero-order chi connectivity index (χ0) is 16.1. The molecule has 3 rings (SSSR count). The van der Waals surface area contributed by atoms with Crippen molar-refractivity contribution in [2.45, 2.75) is 32.5 Å². The van der Waals surface area contributed by atoms with Gasteiger partial charge in [-0.1, -0.05) is 30.3 Å². The van der Waals surface area contributed by atoms with Gasteiger partial charge in [0.1, 0.15) is 0 Å². The van der Waals surface area contributed by atoms with Gasteiger partial charge in [-0.25, -0.2) is 9.97 Å². The average Bonchev–Trinajstić information content (AvgIpc) is 3.14. The summed E-state index contributed by atoms with van der Waals surface area (Å²) in [6, 6.07) is 14.5. The van der Waals surface area contributed by atoms with E-state index < -0.39 is 0 Å². The minimum Gasteiger partial charge on any atom is -0.307 e. The molecular weight excluding hydrogens is 286 g/mol. The van der Waals surface area contributed by atoms with Crippen molar-refractivity contribution in [3.05, 3.63) is 66.7 Å². The first-order valence-electron chi connectivity index (χ1n) is 7.84. The topological polar surface area (TPSA) is 55.6 Å². The van der Waals surface area contributed by atoms with E-state index in [1.807, 2.05) is 59.5 Å². The van der Waals surface area contributed by atoms with Crippen LogP contribution in [0.3, 0.4) is 0 Å². The number of benzene rings is 1. The number of nitrogens with one attached hydrogen (secondary N) is 1. The molecule has 0 saturated carbocycles. The monoisotopic (exact) mass is 307 g/mol. The predicted octanol–water partition coefficient (Wildman–Crippen LogP) is 3.08. The lowest BCUT2D eigenvalue weighted by atomic mass is 10.1. The van der Waals surface area contributed by atoms with Gasteiger partial charge in [-0.3, -0.25) is 4.68 Å². The van der Waals surface area contributed by atoms with Crippen LogP contribution < -0.4 is 5.32 Å². The van der Waals surface area contributed by atoms with Crippen LogP contribution in [0, 0.1) is 0 Å². The van der Waals surface area contributed by atoms with Crippen molar-refractivity contribution in [1.82, 2.24) is 25.1 Å². The van der Waals surface area contributed by atoms with E-state index in [2.05, 4.69) is 34.2 Å². The summed E-state index contributed by atoms with van der Waals surface area (Å²) in [6.45, 7) is 5.01. The summed E-state index contributed by atoms with van der Waals surface area (Å²) in [6.07, 6.45) is 5.61. The average molecular weight is 307 g/mol. The molecule has 0 radical (unpaired) electrons. The molecule has 0 fully saturated rings. The van der Waals surface area contributed by atoms with Crippen LogP contribution >= 0.6 is 0 Å². The van der Waals surface area contributed by atoms with Crippen LogP contribution in [0.15, 0.2) is 61.1 Å². The Morgan fingerprint density at radius 2 is 1.87 bits per heavy atom. The van der Waals surface area contributed by atoms with Gasteiger partial charge in [0.05, 0.1) is 11.7 Å². The van der Waals surface area contributed by atoms with E-state index in [1.54, 1.807) is 6.20 Å². The van der Waals surface area contributed by atoms with Crippen LogP contribution in [0.25, 0.3) is 11.4 Å². The van der Waals surface area contributed by atoms with Gasteiger partial charge in [0, 0.05) is 36.7 Å². The van der Waals surface area contributed by atoms with Gasteiger partial charge < -0.3 is 5.32 Å². The second kappa shape index (κ2) is 7.15. The number of nitrogens with zero attached hydrogens (tertiary/aromatic N) is 4. The van der Waals surface area contributed by atoms with Crippen molar-refractivity contribution in [1.29, 1.82) is 0 Å². The lowest BCUT2D eigenvalue weighted by molar-refractivity contribution is 0.363. The second-order valence-corrected chi connectivity index (χ2v) is 5.63. The Morgan fingerprint density at radius 3 is 2.61 bits per heavy atom. The molecule has 0 aliphatic rings. The van der Waals surface area contributed by atoms with Crippen molar-refractivity contribution < 1.29 is 0 Å². The van der Waals surface area contributed by atoms with E-state index >= 15 is 0 Å². The molecular formula is C18H21N5. The maximum absolute atomic E-state index is 4.64. The van der Waals surface area contributed by atoms with Crippen LogP contribution in [0.1, 0.15) is 25.6 Å². The summed E-state index contributed by atoms with van der Waals surface area (Å²) in [5, 5.41) is 7.81. The molecule has 23 heavy (non-hydrogen) atoms. The Bertz CT molecular complexity index is 724. The maximum atomic E-state index is 4.64. The van der Waals surface area contributed by atoms with Crippen molar-refractivity contribution >= 4 is 0 Å². The molecule has 2 atom stereocenters. The summed E-state index contributed by atoms with van der Waals surface area (Å²) in [5.74, 6) is 0.762. The van der Waals surface area contributed by atoms with Gasteiger partial charge in [0.25, 0.3) is 0 Å². The molecule has 0 bridgehead atoms. The van der Waals surface area contributed by atoms with E-state index in [0.29, 0.717) is 6.54 Å². The summed E-state index contributed by atoms with van der Waals surface area (Å²) in [5.41, 5.74) is 2.02. The molecule has 2 heterocycles. The second-order valence-electron chi connectivity index (χ2n) is 5.63. The van der Waals surface area contributed by atoms with Crippen LogP contribution in [-0.4, -0.2) is 25.8 Å². The molecule has 0 amide bonds. The summed E-state index contributed by atoms with van der Waals surface area (Å²) in [7, 11) is 0. The molecule has 5 heteroatoms. The lowest BCUT2D eigenvalue weighted by Crippen LogP contribution is -2.33. The molecule has 0 spiro atoms. The molecule has 2 aromatic heterocycles. The van der Waals surface area contributed by atoms with Crippen molar-refractivity contribution in [2.75, 3.05) is 0 Å². The molecule has 5 nitrogen and oxygen atoms in total. The molecule has 0 saturated heterocycles. The SMILES string of the molecule is C[C@H](NCc1ccnc(-c2ccccc2)n1)[C@@H](C)n1cccn1. The highest BCUT2D eigenvalue weighted by Gasteiger charge is 2.13. The normalized spacial score (nSPS) is 13.7. The van der Waals surface area contributed by atoms with Crippen molar-refractivity contribution in [3.8, 4) is 11.4 Å². The van der Waals surface area contributed by atoms with Gasteiger partial charge in [-0.05, 0) is 26.0 Å². The number of aromatic nitrogens is 4. The van der Waals surface area contributed by atoms with Gasteiger partial charge >= 0.3 is 0 Å². The van der Waals surface area contributed by atoms with E-state index in [0.717, 1.165) is 17.1 Å². The Kier molecular flexibility index (Phi) is 4.78. The molecule has 118 valence electrons. The Balaban J connectivity index is 1.64. The minimum absolute atomic E-state index is 0.278.